The first kappa shape index (κ1) is 17.6. The molecule has 19 heavy (non-hydrogen) atoms. The summed E-state index contributed by atoms with van der Waals surface area (Å²) in [4.78, 5) is 7.82. The molecule has 0 aliphatic carbocycles. The minimum absolute atomic E-state index is 0.401. The van der Waals surface area contributed by atoms with Gasteiger partial charge < -0.3 is 0 Å². The van der Waals surface area contributed by atoms with Gasteiger partial charge in [0.2, 0.25) is 0 Å². The normalized spacial score (nSPS) is 12.3. The van der Waals surface area contributed by atoms with Crippen molar-refractivity contribution >= 4 is 24.7 Å². The van der Waals surface area contributed by atoms with Gasteiger partial charge >= 0.3 is 0 Å². The monoisotopic (exact) mass is 277 g/mol. The standard InChI is InChI=1S/C15H23N3S/c1-4-15(5-2)8-6-7-9-17-14-18-11-13-19-12-10-16-3/h4,7-10,12,15,18H,1,3,5,11,13-14H2,2H3/b12-10-,17-9-. The van der Waals surface area contributed by atoms with E-state index in [1.165, 1.54) is 0 Å². The van der Waals surface area contributed by atoms with Crippen molar-refractivity contribution in [3.63, 3.8) is 0 Å². The lowest BCUT2D eigenvalue weighted by atomic mass is 10.1. The fourth-order valence-corrected chi connectivity index (χ4v) is 1.68. The number of thioether (sulfide) groups is 1. The van der Waals surface area contributed by atoms with Crippen LogP contribution in [0.1, 0.15) is 13.3 Å². The van der Waals surface area contributed by atoms with Gasteiger partial charge in [-0.05, 0) is 30.7 Å². The highest BCUT2D eigenvalue weighted by Crippen LogP contribution is 2.03. The molecule has 0 spiro atoms. The SMILES string of the molecule is C=CC(C=C=C/C=N\CNCCS/C=C\N=C)CC. The van der Waals surface area contributed by atoms with Crippen LogP contribution < -0.4 is 5.32 Å². The largest absolute Gasteiger partial charge is 0.297 e. The summed E-state index contributed by atoms with van der Waals surface area (Å²) in [5.41, 5.74) is 3.08. The third-order valence-electron chi connectivity index (χ3n) is 2.22. The average molecular weight is 277 g/mol. The second-order valence-corrected chi connectivity index (χ2v) is 4.65. The molecule has 3 nitrogen and oxygen atoms in total. The van der Waals surface area contributed by atoms with Gasteiger partial charge in [0.1, 0.15) is 0 Å². The van der Waals surface area contributed by atoms with Gasteiger partial charge in [-0.25, -0.2) is 0 Å². The first-order valence-electron chi connectivity index (χ1n) is 6.31. The van der Waals surface area contributed by atoms with E-state index >= 15 is 0 Å². The maximum absolute atomic E-state index is 4.20. The van der Waals surface area contributed by atoms with Crippen LogP contribution in [0.25, 0.3) is 0 Å². The highest BCUT2D eigenvalue weighted by atomic mass is 32.2. The quantitative estimate of drug-likeness (QED) is 0.272. The summed E-state index contributed by atoms with van der Waals surface area (Å²) in [5, 5.41) is 5.14. The third kappa shape index (κ3) is 12.9. The van der Waals surface area contributed by atoms with Crippen LogP contribution in [-0.2, 0) is 0 Å². The van der Waals surface area contributed by atoms with Crippen molar-refractivity contribution in [3.8, 4) is 0 Å². The second kappa shape index (κ2) is 14.7. The molecule has 0 aromatic heterocycles. The summed E-state index contributed by atoms with van der Waals surface area (Å²) < 4.78 is 0. The van der Waals surface area contributed by atoms with Gasteiger partial charge in [-0.3, -0.25) is 15.3 Å². The minimum atomic E-state index is 0.401. The third-order valence-corrected chi connectivity index (χ3v) is 2.98. The van der Waals surface area contributed by atoms with Crippen LogP contribution in [0, 0.1) is 5.92 Å². The number of nitrogens with one attached hydrogen (secondary N) is 1. The molecule has 0 bridgehead atoms. The van der Waals surface area contributed by atoms with Crippen LogP contribution in [0.3, 0.4) is 0 Å². The fourth-order valence-electron chi connectivity index (χ4n) is 1.11. The fraction of sp³-hybridized carbons (Fsp3) is 0.400. The van der Waals surface area contributed by atoms with E-state index in [9.17, 15) is 0 Å². The van der Waals surface area contributed by atoms with E-state index in [2.05, 4.69) is 41.3 Å². The van der Waals surface area contributed by atoms with Crippen molar-refractivity contribution in [2.75, 3.05) is 19.0 Å². The molecule has 104 valence electrons. The Bertz CT molecular complexity index is 352. The predicted octanol–water partition coefficient (Wildman–Crippen LogP) is 3.43. The van der Waals surface area contributed by atoms with Gasteiger partial charge in [0, 0.05) is 30.6 Å². The maximum Gasteiger partial charge on any atom is 0.0884 e. The molecule has 0 aliphatic heterocycles. The van der Waals surface area contributed by atoms with Crippen molar-refractivity contribution in [2.24, 2.45) is 15.9 Å². The molecule has 0 fully saturated rings. The van der Waals surface area contributed by atoms with E-state index in [0.717, 1.165) is 18.7 Å². The Morgan fingerprint density at radius 2 is 2.32 bits per heavy atom. The Labute approximate surface area is 121 Å². The highest BCUT2D eigenvalue weighted by Gasteiger charge is 1.90. The summed E-state index contributed by atoms with van der Waals surface area (Å²) >= 11 is 1.69. The lowest BCUT2D eigenvalue weighted by molar-refractivity contribution is 0.752. The van der Waals surface area contributed by atoms with Crippen molar-refractivity contribution in [1.82, 2.24) is 5.32 Å². The van der Waals surface area contributed by atoms with E-state index in [4.69, 9.17) is 0 Å². The van der Waals surface area contributed by atoms with Gasteiger partial charge in [0.05, 0.1) is 6.67 Å². The summed E-state index contributed by atoms with van der Waals surface area (Å²) in [5.74, 6) is 1.40. The van der Waals surface area contributed by atoms with E-state index < -0.39 is 0 Å². The Balaban J connectivity index is 3.58. The highest BCUT2D eigenvalue weighted by molar-refractivity contribution is 8.02. The zero-order valence-corrected chi connectivity index (χ0v) is 12.4. The second-order valence-electron chi connectivity index (χ2n) is 3.64. The molecular formula is C15H23N3S. The molecule has 0 saturated carbocycles. The van der Waals surface area contributed by atoms with E-state index in [1.54, 1.807) is 24.2 Å². The zero-order chi connectivity index (χ0) is 14.2. The van der Waals surface area contributed by atoms with Crippen molar-refractivity contribution < 1.29 is 0 Å². The first-order valence-corrected chi connectivity index (χ1v) is 7.36. The number of nitrogens with zero attached hydrogens (tertiary/aromatic N) is 2. The Morgan fingerprint density at radius 3 is 3.00 bits per heavy atom. The van der Waals surface area contributed by atoms with E-state index in [1.807, 2.05) is 23.6 Å². The molecule has 0 saturated heterocycles. The van der Waals surface area contributed by atoms with Gasteiger partial charge in [-0.1, -0.05) is 13.0 Å². The van der Waals surface area contributed by atoms with E-state index in [0.29, 0.717) is 12.6 Å². The average Bonchev–Trinajstić information content (AvgIpc) is 2.44. The topological polar surface area (TPSA) is 36.8 Å². The molecule has 0 aromatic rings. The molecule has 0 amide bonds. The Kier molecular flexibility index (Phi) is 13.7. The molecule has 1 atom stereocenters. The van der Waals surface area contributed by atoms with Crippen LogP contribution in [0.2, 0.25) is 0 Å². The zero-order valence-electron chi connectivity index (χ0n) is 11.6. The van der Waals surface area contributed by atoms with Crippen molar-refractivity contribution in [2.45, 2.75) is 13.3 Å². The van der Waals surface area contributed by atoms with Gasteiger partial charge in [0.25, 0.3) is 0 Å². The predicted molar refractivity (Wildman–Crippen MR) is 89.1 cm³/mol. The number of allylic oxidation sites excluding steroid dienone is 2. The summed E-state index contributed by atoms with van der Waals surface area (Å²) in [6.45, 7) is 10.8. The maximum atomic E-state index is 4.20. The number of hydrogen-bond donors (Lipinski definition) is 1. The van der Waals surface area contributed by atoms with Crippen LogP contribution in [-0.4, -0.2) is 31.9 Å². The molecule has 0 aliphatic rings. The van der Waals surface area contributed by atoms with Crippen LogP contribution in [0.4, 0.5) is 0 Å². The number of aliphatic imine (C=N–C) groups is 2. The summed E-state index contributed by atoms with van der Waals surface area (Å²) in [6.07, 6.45) is 10.2. The number of rotatable bonds is 11. The molecule has 0 radical (unpaired) electrons. The number of hydrogen-bond acceptors (Lipinski definition) is 4. The lowest BCUT2D eigenvalue weighted by Gasteiger charge is -1.97. The molecule has 1 unspecified atom stereocenters. The molecular weight excluding hydrogens is 254 g/mol. The van der Waals surface area contributed by atoms with Gasteiger partial charge in [0.15, 0.2) is 0 Å². The molecule has 1 N–H and O–H groups in total. The lowest BCUT2D eigenvalue weighted by Crippen LogP contribution is -2.16. The van der Waals surface area contributed by atoms with Crippen molar-refractivity contribution in [3.05, 3.63) is 42.1 Å². The minimum Gasteiger partial charge on any atom is -0.297 e. The Morgan fingerprint density at radius 1 is 1.47 bits per heavy atom. The summed E-state index contributed by atoms with van der Waals surface area (Å²) in [6, 6.07) is 0. The van der Waals surface area contributed by atoms with Crippen LogP contribution in [0.5, 0.6) is 0 Å². The molecule has 0 heterocycles. The van der Waals surface area contributed by atoms with Crippen molar-refractivity contribution in [1.29, 1.82) is 0 Å². The molecule has 4 heteroatoms. The van der Waals surface area contributed by atoms with Crippen LogP contribution >= 0.6 is 11.8 Å². The first-order chi connectivity index (χ1) is 9.35. The molecule has 0 rings (SSSR count). The summed E-state index contributed by atoms with van der Waals surface area (Å²) in [7, 11) is 0. The van der Waals surface area contributed by atoms with Crippen LogP contribution in [0.15, 0.2) is 52.1 Å². The molecule has 0 aromatic carbocycles. The van der Waals surface area contributed by atoms with E-state index in [-0.39, 0.29) is 0 Å². The van der Waals surface area contributed by atoms with Gasteiger partial charge in [-0.15, -0.1) is 24.1 Å². The van der Waals surface area contributed by atoms with Gasteiger partial charge in [-0.2, -0.15) is 0 Å². The Hall–Kier alpha value is -1.35. The smallest absolute Gasteiger partial charge is 0.0884 e.